The molecule has 21 heavy (non-hydrogen) atoms. The molecule has 2 rings (SSSR count). The van der Waals surface area contributed by atoms with Crippen LogP contribution in [0.15, 0.2) is 59.5 Å². The SMILES string of the molecule is CN(CCc1ccccc1)S(=O)(=O)c1ccccc1CO. The van der Waals surface area contributed by atoms with Crippen LogP contribution in [0.3, 0.4) is 0 Å². The Kier molecular flexibility index (Phi) is 5.12. The number of likely N-dealkylation sites (N-methyl/N-ethyl adjacent to an activating group) is 1. The molecule has 0 bridgehead atoms. The van der Waals surface area contributed by atoms with Crippen LogP contribution < -0.4 is 0 Å². The van der Waals surface area contributed by atoms with E-state index < -0.39 is 10.0 Å². The highest BCUT2D eigenvalue weighted by molar-refractivity contribution is 7.89. The van der Waals surface area contributed by atoms with Gasteiger partial charge in [-0.3, -0.25) is 0 Å². The molecule has 5 heteroatoms. The minimum absolute atomic E-state index is 0.170. The van der Waals surface area contributed by atoms with E-state index in [-0.39, 0.29) is 11.5 Å². The number of hydrogen-bond acceptors (Lipinski definition) is 3. The maximum atomic E-state index is 12.5. The third-order valence-corrected chi connectivity index (χ3v) is 5.35. The molecule has 0 saturated heterocycles. The number of hydrogen-bond donors (Lipinski definition) is 1. The maximum absolute atomic E-state index is 12.5. The molecule has 0 unspecified atom stereocenters. The zero-order valence-electron chi connectivity index (χ0n) is 11.9. The zero-order chi connectivity index (χ0) is 15.3. The molecule has 0 aromatic heterocycles. The van der Waals surface area contributed by atoms with E-state index in [0.717, 1.165) is 5.56 Å². The number of rotatable bonds is 6. The standard InChI is InChI=1S/C16H19NO3S/c1-17(12-11-14-7-3-2-4-8-14)21(19,20)16-10-6-5-9-15(16)13-18/h2-10,18H,11-13H2,1H3. The second-order valence-electron chi connectivity index (χ2n) is 4.83. The Morgan fingerprint density at radius 2 is 1.62 bits per heavy atom. The van der Waals surface area contributed by atoms with Gasteiger partial charge in [0.05, 0.1) is 11.5 Å². The summed E-state index contributed by atoms with van der Waals surface area (Å²) in [5.74, 6) is 0. The highest BCUT2D eigenvalue weighted by Gasteiger charge is 2.22. The zero-order valence-corrected chi connectivity index (χ0v) is 12.8. The van der Waals surface area contributed by atoms with Crippen molar-refractivity contribution in [3.05, 3.63) is 65.7 Å². The fraction of sp³-hybridized carbons (Fsp3) is 0.250. The van der Waals surface area contributed by atoms with Crippen molar-refractivity contribution >= 4 is 10.0 Å². The predicted molar refractivity (Wildman–Crippen MR) is 82.3 cm³/mol. The lowest BCUT2D eigenvalue weighted by Crippen LogP contribution is -2.29. The van der Waals surface area contributed by atoms with Crippen LogP contribution in [0.1, 0.15) is 11.1 Å². The molecule has 0 spiro atoms. The molecule has 0 fully saturated rings. The van der Waals surface area contributed by atoms with E-state index in [0.29, 0.717) is 18.5 Å². The fourth-order valence-corrected chi connectivity index (χ4v) is 3.49. The molecule has 4 nitrogen and oxygen atoms in total. The van der Waals surface area contributed by atoms with E-state index in [9.17, 15) is 13.5 Å². The Hall–Kier alpha value is -1.69. The lowest BCUT2D eigenvalue weighted by molar-refractivity contribution is 0.278. The molecule has 2 aromatic rings. The number of aliphatic hydroxyl groups excluding tert-OH is 1. The summed E-state index contributed by atoms with van der Waals surface area (Å²) in [7, 11) is -2.02. The van der Waals surface area contributed by atoms with E-state index in [1.54, 1.807) is 25.2 Å². The first-order chi connectivity index (χ1) is 10.1. The molecule has 0 aliphatic carbocycles. The van der Waals surface area contributed by atoms with Crippen molar-refractivity contribution in [2.75, 3.05) is 13.6 Å². The van der Waals surface area contributed by atoms with Crippen molar-refractivity contribution in [1.29, 1.82) is 0 Å². The Morgan fingerprint density at radius 3 is 2.29 bits per heavy atom. The van der Waals surface area contributed by atoms with Crippen LogP contribution in [0.2, 0.25) is 0 Å². The third-order valence-electron chi connectivity index (χ3n) is 3.39. The molecule has 112 valence electrons. The van der Waals surface area contributed by atoms with E-state index in [2.05, 4.69) is 0 Å². The van der Waals surface area contributed by atoms with Crippen molar-refractivity contribution in [2.45, 2.75) is 17.9 Å². The average Bonchev–Trinajstić information content (AvgIpc) is 2.53. The number of benzene rings is 2. The van der Waals surface area contributed by atoms with E-state index in [4.69, 9.17) is 0 Å². The highest BCUT2D eigenvalue weighted by Crippen LogP contribution is 2.19. The second-order valence-corrected chi connectivity index (χ2v) is 6.84. The maximum Gasteiger partial charge on any atom is 0.243 e. The Bertz CT molecular complexity index is 684. The van der Waals surface area contributed by atoms with Gasteiger partial charge in [-0.05, 0) is 23.6 Å². The number of nitrogens with zero attached hydrogens (tertiary/aromatic N) is 1. The minimum Gasteiger partial charge on any atom is -0.392 e. The normalized spacial score (nSPS) is 11.8. The van der Waals surface area contributed by atoms with Crippen LogP contribution in [0.4, 0.5) is 0 Å². The molecule has 1 N–H and O–H groups in total. The fourth-order valence-electron chi connectivity index (χ4n) is 2.11. The molecular weight excluding hydrogens is 286 g/mol. The van der Waals surface area contributed by atoms with Gasteiger partial charge in [0, 0.05) is 13.6 Å². The summed E-state index contributed by atoms with van der Waals surface area (Å²) < 4.78 is 26.4. The number of sulfonamides is 1. The van der Waals surface area contributed by atoms with Gasteiger partial charge in [-0.15, -0.1) is 0 Å². The van der Waals surface area contributed by atoms with Crippen LogP contribution in [0.5, 0.6) is 0 Å². The molecule has 0 aliphatic heterocycles. The largest absolute Gasteiger partial charge is 0.392 e. The molecule has 0 saturated carbocycles. The molecule has 2 aromatic carbocycles. The first kappa shape index (κ1) is 15.7. The monoisotopic (exact) mass is 305 g/mol. The van der Waals surface area contributed by atoms with Crippen LogP contribution in [-0.2, 0) is 23.1 Å². The Balaban J connectivity index is 2.15. The van der Waals surface area contributed by atoms with Crippen molar-refractivity contribution in [3.8, 4) is 0 Å². The van der Waals surface area contributed by atoms with Gasteiger partial charge in [-0.1, -0.05) is 48.5 Å². The summed E-state index contributed by atoms with van der Waals surface area (Å²) in [6, 6.07) is 16.3. The molecule has 0 atom stereocenters. The average molecular weight is 305 g/mol. The third kappa shape index (κ3) is 3.69. The lowest BCUT2D eigenvalue weighted by Gasteiger charge is -2.18. The first-order valence-electron chi connectivity index (χ1n) is 6.74. The summed E-state index contributed by atoms with van der Waals surface area (Å²) in [6.45, 7) is 0.105. The lowest BCUT2D eigenvalue weighted by atomic mass is 10.2. The summed E-state index contributed by atoms with van der Waals surface area (Å²) in [4.78, 5) is 0.170. The molecule has 0 amide bonds. The quantitative estimate of drug-likeness (QED) is 0.888. The van der Waals surface area contributed by atoms with Gasteiger partial charge in [0.25, 0.3) is 0 Å². The van der Waals surface area contributed by atoms with Crippen molar-refractivity contribution in [1.82, 2.24) is 4.31 Å². The van der Waals surface area contributed by atoms with Gasteiger partial charge in [-0.25, -0.2) is 12.7 Å². The van der Waals surface area contributed by atoms with Gasteiger partial charge in [-0.2, -0.15) is 0 Å². The van der Waals surface area contributed by atoms with E-state index in [1.165, 1.54) is 10.4 Å². The summed E-state index contributed by atoms with van der Waals surface area (Å²) >= 11 is 0. The van der Waals surface area contributed by atoms with E-state index in [1.807, 2.05) is 30.3 Å². The van der Waals surface area contributed by atoms with Gasteiger partial charge < -0.3 is 5.11 Å². The summed E-state index contributed by atoms with van der Waals surface area (Å²) in [6.07, 6.45) is 0.651. The molecule has 0 aliphatic rings. The van der Waals surface area contributed by atoms with Crippen LogP contribution in [-0.4, -0.2) is 31.4 Å². The Morgan fingerprint density at radius 1 is 1.00 bits per heavy atom. The van der Waals surface area contributed by atoms with Crippen LogP contribution >= 0.6 is 0 Å². The molecule has 0 radical (unpaired) electrons. The van der Waals surface area contributed by atoms with Gasteiger partial charge in [0.1, 0.15) is 0 Å². The molecular formula is C16H19NO3S. The van der Waals surface area contributed by atoms with Crippen molar-refractivity contribution in [3.63, 3.8) is 0 Å². The second kappa shape index (κ2) is 6.85. The van der Waals surface area contributed by atoms with Gasteiger partial charge in [0.15, 0.2) is 0 Å². The molecule has 0 heterocycles. The van der Waals surface area contributed by atoms with Crippen molar-refractivity contribution < 1.29 is 13.5 Å². The number of aliphatic hydroxyl groups is 1. The van der Waals surface area contributed by atoms with Gasteiger partial charge >= 0.3 is 0 Å². The van der Waals surface area contributed by atoms with Crippen LogP contribution in [0.25, 0.3) is 0 Å². The van der Waals surface area contributed by atoms with Gasteiger partial charge in [0.2, 0.25) is 10.0 Å². The smallest absolute Gasteiger partial charge is 0.243 e. The topological polar surface area (TPSA) is 57.6 Å². The summed E-state index contributed by atoms with van der Waals surface area (Å²) in [5, 5.41) is 9.29. The first-order valence-corrected chi connectivity index (χ1v) is 8.18. The van der Waals surface area contributed by atoms with E-state index >= 15 is 0 Å². The summed E-state index contributed by atoms with van der Waals surface area (Å²) in [5.41, 5.74) is 1.51. The van der Waals surface area contributed by atoms with Crippen molar-refractivity contribution in [2.24, 2.45) is 0 Å². The Labute approximate surface area is 125 Å². The highest BCUT2D eigenvalue weighted by atomic mass is 32.2. The predicted octanol–water partition coefficient (Wildman–Crippen LogP) is 2.04. The minimum atomic E-state index is -3.58. The van der Waals surface area contributed by atoms with Crippen LogP contribution in [0, 0.1) is 0 Å².